The Morgan fingerprint density at radius 2 is 1.74 bits per heavy atom. The second-order valence-electron chi connectivity index (χ2n) is 4.39. The average molecular weight is 354 g/mol. The van der Waals surface area contributed by atoms with E-state index in [4.69, 9.17) is 32.7 Å². The van der Waals surface area contributed by atoms with Crippen molar-refractivity contribution in [3.05, 3.63) is 58.1 Å². The van der Waals surface area contributed by atoms with Crippen LogP contribution in [-0.2, 0) is 4.74 Å². The van der Waals surface area contributed by atoms with Gasteiger partial charge >= 0.3 is 12.1 Å². The van der Waals surface area contributed by atoms with Gasteiger partial charge in [-0.15, -0.1) is 0 Å². The van der Waals surface area contributed by atoms with Gasteiger partial charge in [-0.05, 0) is 43.3 Å². The predicted octanol–water partition coefficient (Wildman–Crippen LogP) is 4.78. The van der Waals surface area contributed by atoms with Crippen molar-refractivity contribution in [1.82, 2.24) is 0 Å². The number of hydrogen-bond donors (Lipinski definition) is 1. The van der Waals surface area contributed by atoms with E-state index in [2.05, 4.69) is 5.32 Å². The molecule has 120 valence electrons. The summed E-state index contributed by atoms with van der Waals surface area (Å²) in [5.74, 6) is -0.155. The van der Waals surface area contributed by atoms with Crippen molar-refractivity contribution in [2.24, 2.45) is 0 Å². The normalized spacial score (nSPS) is 10.0. The highest BCUT2D eigenvalue weighted by Crippen LogP contribution is 2.26. The summed E-state index contributed by atoms with van der Waals surface area (Å²) in [5.41, 5.74) is 0.873. The van der Waals surface area contributed by atoms with Crippen molar-refractivity contribution >= 4 is 41.0 Å². The number of carbonyl (C=O) groups excluding carboxylic acids is 2. The summed E-state index contributed by atoms with van der Waals surface area (Å²) in [4.78, 5) is 23.3. The van der Waals surface area contributed by atoms with Gasteiger partial charge in [0.2, 0.25) is 0 Å². The van der Waals surface area contributed by atoms with E-state index in [0.29, 0.717) is 22.9 Å². The van der Waals surface area contributed by atoms with Gasteiger partial charge in [0.1, 0.15) is 5.75 Å². The minimum absolute atomic E-state index is 0.264. The van der Waals surface area contributed by atoms with Gasteiger partial charge < -0.3 is 9.47 Å². The van der Waals surface area contributed by atoms with E-state index in [0.717, 1.165) is 0 Å². The SMILES string of the molecule is CCOC(=O)c1ccc(NC(=O)Oc2ccc(Cl)c(Cl)c2)cc1. The average Bonchev–Trinajstić information content (AvgIpc) is 2.52. The number of benzene rings is 2. The van der Waals surface area contributed by atoms with Crippen LogP contribution in [0.25, 0.3) is 0 Å². The Morgan fingerprint density at radius 1 is 1.04 bits per heavy atom. The molecule has 0 heterocycles. The fourth-order valence-electron chi connectivity index (χ4n) is 1.69. The molecule has 23 heavy (non-hydrogen) atoms. The van der Waals surface area contributed by atoms with Crippen molar-refractivity contribution in [1.29, 1.82) is 0 Å². The number of anilines is 1. The third-order valence-corrected chi connectivity index (χ3v) is 3.48. The minimum atomic E-state index is -0.688. The summed E-state index contributed by atoms with van der Waals surface area (Å²) < 4.78 is 9.96. The Morgan fingerprint density at radius 3 is 2.35 bits per heavy atom. The molecule has 0 unspecified atom stereocenters. The molecule has 0 atom stereocenters. The largest absolute Gasteiger partial charge is 0.462 e. The number of ether oxygens (including phenoxy) is 2. The Balaban J connectivity index is 1.97. The zero-order valence-corrected chi connectivity index (χ0v) is 13.6. The topological polar surface area (TPSA) is 64.6 Å². The lowest BCUT2D eigenvalue weighted by molar-refractivity contribution is 0.0526. The van der Waals surface area contributed by atoms with E-state index in [1.807, 2.05) is 0 Å². The lowest BCUT2D eigenvalue weighted by Crippen LogP contribution is -2.16. The predicted molar refractivity (Wildman–Crippen MR) is 88.5 cm³/mol. The molecule has 2 rings (SSSR count). The van der Waals surface area contributed by atoms with Crippen molar-refractivity contribution < 1.29 is 19.1 Å². The number of hydrogen-bond acceptors (Lipinski definition) is 4. The summed E-state index contributed by atoms with van der Waals surface area (Å²) in [6.45, 7) is 2.03. The van der Waals surface area contributed by atoms with Crippen LogP contribution in [0.5, 0.6) is 5.75 Å². The van der Waals surface area contributed by atoms with E-state index in [-0.39, 0.29) is 10.8 Å². The molecule has 0 fully saturated rings. The Labute approximate surface area is 143 Å². The molecule has 0 aliphatic heterocycles. The zero-order valence-electron chi connectivity index (χ0n) is 12.1. The first kappa shape index (κ1) is 17.1. The van der Waals surface area contributed by atoms with Gasteiger partial charge in [-0.2, -0.15) is 0 Å². The molecule has 2 aromatic rings. The van der Waals surface area contributed by atoms with Crippen LogP contribution in [0.4, 0.5) is 10.5 Å². The zero-order chi connectivity index (χ0) is 16.8. The van der Waals surface area contributed by atoms with E-state index in [1.165, 1.54) is 18.2 Å². The highest BCUT2D eigenvalue weighted by atomic mass is 35.5. The smallest absolute Gasteiger partial charge is 0.417 e. The van der Waals surface area contributed by atoms with Crippen LogP contribution in [0.2, 0.25) is 10.0 Å². The molecule has 0 bridgehead atoms. The maximum Gasteiger partial charge on any atom is 0.417 e. The summed E-state index contributed by atoms with van der Waals surface area (Å²) in [6.07, 6.45) is -0.688. The summed E-state index contributed by atoms with van der Waals surface area (Å²) >= 11 is 11.6. The molecule has 0 saturated heterocycles. The molecular weight excluding hydrogens is 341 g/mol. The van der Waals surface area contributed by atoms with Crippen LogP contribution < -0.4 is 10.1 Å². The van der Waals surface area contributed by atoms with Gasteiger partial charge in [-0.3, -0.25) is 5.32 Å². The molecule has 0 aliphatic rings. The molecule has 1 N–H and O–H groups in total. The number of rotatable bonds is 4. The van der Waals surface area contributed by atoms with E-state index in [1.54, 1.807) is 31.2 Å². The van der Waals surface area contributed by atoms with Crippen molar-refractivity contribution in [2.45, 2.75) is 6.92 Å². The highest BCUT2D eigenvalue weighted by Gasteiger charge is 2.09. The fourth-order valence-corrected chi connectivity index (χ4v) is 1.98. The first-order valence-electron chi connectivity index (χ1n) is 6.70. The number of esters is 1. The third kappa shape index (κ3) is 4.87. The maximum absolute atomic E-state index is 11.8. The molecule has 0 aliphatic carbocycles. The van der Waals surface area contributed by atoms with Gasteiger partial charge in [-0.1, -0.05) is 23.2 Å². The van der Waals surface area contributed by atoms with Crippen LogP contribution in [-0.4, -0.2) is 18.7 Å². The Kier molecular flexibility index (Phi) is 5.84. The van der Waals surface area contributed by atoms with Crippen LogP contribution >= 0.6 is 23.2 Å². The molecule has 0 saturated carbocycles. The first-order chi connectivity index (χ1) is 11.0. The van der Waals surface area contributed by atoms with Crippen LogP contribution in [0, 0.1) is 0 Å². The fraction of sp³-hybridized carbons (Fsp3) is 0.125. The van der Waals surface area contributed by atoms with Crippen molar-refractivity contribution in [2.75, 3.05) is 11.9 Å². The molecule has 5 nitrogen and oxygen atoms in total. The standard InChI is InChI=1S/C16H13Cl2NO4/c1-2-22-15(20)10-3-5-11(6-4-10)19-16(21)23-12-7-8-13(17)14(18)9-12/h3-9H,2H2,1H3,(H,19,21). The van der Waals surface area contributed by atoms with Gasteiger partial charge in [-0.25, -0.2) is 9.59 Å². The third-order valence-electron chi connectivity index (χ3n) is 2.74. The molecule has 0 aromatic heterocycles. The van der Waals surface area contributed by atoms with Gasteiger partial charge in [0.15, 0.2) is 0 Å². The van der Waals surface area contributed by atoms with E-state index >= 15 is 0 Å². The maximum atomic E-state index is 11.8. The second kappa shape index (κ2) is 7.85. The molecule has 0 spiro atoms. The number of nitrogens with one attached hydrogen (secondary N) is 1. The lowest BCUT2D eigenvalue weighted by Gasteiger charge is -2.08. The van der Waals surface area contributed by atoms with Crippen LogP contribution in [0.1, 0.15) is 17.3 Å². The lowest BCUT2D eigenvalue weighted by atomic mass is 10.2. The number of carbonyl (C=O) groups is 2. The van der Waals surface area contributed by atoms with E-state index < -0.39 is 12.1 Å². The molecule has 0 radical (unpaired) electrons. The summed E-state index contributed by atoms with van der Waals surface area (Å²) in [5, 5.41) is 3.19. The van der Waals surface area contributed by atoms with E-state index in [9.17, 15) is 9.59 Å². The second-order valence-corrected chi connectivity index (χ2v) is 5.20. The van der Waals surface area contributed by atoms with Gasteiger partial charge in [0, 0.05) is 11.8 Å². The summed E-state index contributed by atoms with van der Waals surface area (Å²) in [6, 6.07) is 10.7. The van der Waals surface area contributed by atoms with Crippen LogP contribution in [0.3, 0.4) is 0 Å². The monoisotopic (exact) mass is 353 g/mol. The van der Waals surface area contributed by atoms with Crippen LogP contribution in [0.15, 0.2) is 42.5 Å². The van der Waals surface area contributed by atoms with Crippen molar-refractivity contribution in [3.8, 4) is 5.75 Å². The Bertz CT molecular complexity index is 717. The van der Waals surface area contributed by atoms with Crippen molar-refractivity contribution in [3.63, 3.8) is 0 Å². The summed E-state index contributed by atoms with van der Waals surface area (Å²) in [7, 11) is 0. The minimum Gasteiger partial charge on any atom is -0.462 e. The Hall–Kier alpha value is -2.24. The number of halogens is 2. The number of amides is 1. The van der Waals surface area contributed by atoms with Gasteiger partial charge in [0.05, 0.1) is 22.2 Å². The van der Waals surface area contributed by atoms with Gasteiger partial charge in [0.25, 0.3) is 0 Å². The molecule has 7 heteroatoms. The molecule has 2 aromatic carbocycles. The quantitative estimate of drug-likeness (QED) is 0.803. The molecule has 1 amide bonds. The molecular formula is C16H13Cl2NO4. The highest BCUT2D eigenvalue weighted by molar-refractivity contribution is 6.42. The first-order valence-corrected chi connectivity index (χ1v) is 7.46.